The second kappa shape index (κ2) is 9.25. The summed E-state index contributed by atoms with van der Waals surface area (Å²) >= 11 is 6.45. The van der Waals surface area contributed by atoms with Crippen molar-refractivity contribution in [2.75, 3.05) is 35.2 Å². The highest BCUT2D eigenvalue weighted by Crippen LogP contribution is 2.42. The number of anilines is 4. The Bertz CT molecular complexity index is 1450. The minimum Gasteiger partial charge on any atom is -0.486 e. The zero-order valence-electron chi connectivity index (χ0n) is 21.6. The van der Waals surface area contributed by atoms with Crippen molar-refractivity contribution in [1.82, 2.24) is 14.5 Å². The van der Waals surface area contributed by atoms with Gasteiger partial charge >= 0.3 is 0 Å². The number of hydrogen-bond donors (Lipinski definition) is 2. The van der Waals surface area contributed by atoms with Gasteiger partial charge in [0.1, 0.15) is 5.02 Å². The predicted octanol–water partition coefficient (Wildman–Crippen LogP) is 5.43. The molecule has 1 saturated heterocycles. The van der Waals surface area contributed by atoms with Crippen LogP contribution in [-0.4, -0.2) is 46.2 Å². The number of piperidine rings is 1. The largest absolute Gasteiger partial charge is 0.486 e. The number of rotatable bonds is 4. The molecule has 2 fully saturated rings. The first-order valence-corrected chi connectivity index (χ1v) is 13.5. The van der Waals surface area contributed by atoms with Gasteiger partial charge in [-0.2, -0.15) is 4.98 Å². The Morgan fingerprint density at radius 2 is 1.92 bits per heavy atom. The molecule has 38 heavy (non-hydrogen) atoms. The Labute approximate surface area is 224 Å². The fourth-order valence-corrected chi connectivity index (χ4v) is 5.77. The molecule has 2 aliphatic heterocycles. The van der Waals surface area contributed by atoms with Crippen molar-refractivity contribution in [3.63, 3.8) is 0 Å². The van der Waals surface area contributed by atoms with Crippen LogP contribution in [0.2, 0.25) is 5.02 Å². The molecule has 2 N–H and O–H groups in total. The van der Waals surface area contributed by atoms with Gasteiger partial charge in [0, 0.05) is 55.5 Å². The zero-order chi connectivity index (χ0) is 26.8. The quantitative estimate of drug-likeness (QED) is 0.453. The summed E-state index contributed by atoms with van der Waals surface area (Å²) in [5.74, 6) is -2.70. The molecule has 1 aliphatic carbocycles. The number of alkyl halides is 2. The van der Waals surface area contributed by atoms with Gasteiger partial charge in [0.05, 0.1) is 24.0 Å². The third-order valence-corrected chi connectivity index (χ3v) is 8.41. The Morgan fingerprint density at radius 3 is 2.63 bits per heavy atom. The van der Waals surface area contributed by atoms with Crippen LogP contribution in [0, 0.1) is 17.8 Å². The van der Waals surface area contributed by atoms with Crippen LogP contribution in [0.3, 0.4) is 0 Å². The van der Waals surface area contributed by atoms with Gasteiger partial charge in [0.2, 0.25) is 11.7 Å². The maximum absolute atomic E-state index is 14.4. The molecule has 6 rings (SSSR count). The highest BCUT2D eigenvalue weighted by Gasteiger charge is 2.47. The number of ether oxygens (including phenoxy) is 1. The molecule has 202 valence electrons. The maximum Gasteiger partial charge on any atom is 0.295 e. The van der Waals surface area contributed by atoms with Crippen LogP contribution in [0.15, 0.2) is 29.2 Å². The molecule has 3 aliphatic rings. The van der Waals surface area contributed by atoms with E-state index in [1.165, 1.54) is 19.0 Å². The standard InChI is InChI=1S/C27H31ClF2N6O2/c1-14-12-36(13-15(2)27(14,29)30)26-31-11-19(28)24(34-26)32-17-6-7-21-18(10-17)22-23(25(37)35(21)3)38-9-8-20(33-22)16-4-5-16/h6-7,10-11,14-16,20,33H,4-5,8-9,12-13H2,1-3H3,(H,31,32,34)/t14-,15+,20?. The molecular formula is C27H31ClF2N6O2. The Kier molecular flexibility index (Phi) is 6.13. The summed E-state index contributed by atoms with van der Waals surface area (Å²) in [4.78, 5) is 23.8. The van der Waals surface area contributed by atoms with E-state index in [-0.39, 0.29) is 24.7 Å². The Hall–Kier alpha value is -3.14. The van der Waals surface area contributed by atoms with Gasteiger partial charge in [-0.15, -0.1) is 0 Å². The molecule has 1 unspecified atom stereocenters. The second-order valence-corrected chi connectivity index (χ2v) is 11.3. The summed E-state index contributed by atoms with van der Waals surface area (Å²) in [6.07, 6.45) is 4.70. The van der Waals surface area contributed by atoms with Crippen LogP contribution in [0.1, 0.15) is 33.1 Å². The number of fused-ring (bicyclic) bond motifs is 3. The minimum atomic E-state index is -2.73. The van der Waals surface area contributed by atoms with Crippen molar-refractivity contribution in [2.45, 2.75) is 45.1 Å². The number of nitrogens with one attached hydrogen (secondary N) is 2. The van der Waals surface area contributed by atoms with E-state index >= 15 is 0 Å². The third kappa shape index (κ3) is 4.32. The van der Waals surface area contributed by atoms with Gasteiger partial charge in [-0.05, 0) is 37.0 Å². The summed E-state index contributed by atoms with van der Waals surface area (Å²) in [5, 5.41) is 8.05. The predicted molar refractivity (Wildman–Crippen MR) is 145 cm³/mol. The number of halogens is 3. The summed E-state index contributed by atoms with van der Waals surface area (Å²) in [7, 11) is 1.74. The van der Waals surface area contributed by atoms with E-state index in [2.05, 4.69) is 20.6 Å². The average Bonchev–Trinajstić information content (AvgIpc) is 3.74. The summed E-state index contributed by atoms with van der Waals surface area (Å²) in [6, 6.07) is 5.95. The number of benzene rings is 1. The molecule has 0 radical (unpaired) electrons. The lowest BCUT2D eigenvalue weighted by molar-refractivity contribution is -0.105. The molecule has 1 aromatic carbocycles. The lowest BCUT2D eigenvalue weighted by Crippen LogP contribution is -2.52. The topological polar surface area (TPSA) is 84.3 Å². The molecule has 2 aromatic heterocycles. The Balaban J connectivity index is 1.34. The molecule has 11 heteroatoms. The fourth-order valence-electron chi connectivity index (χ4n) is 5.64. The van der Waals surface area contributed by atoms with Gasteiger partial charge in [-0.25, -0.2) is 13.8 Å². The molecular weight excluding hydrogens is 514 g/mol. The number of hydrogen-bond acceptors (Lipinski definition) is 7. The first-order valence-electron chi connectivity index (χ1n) is 13.1. The SMILES string of the molecule is C[C@@H]1CN(c2ncc(Cl)c(Nc3ccc4c(c3)c3c(c(=O)n4C)OCCC(C4CC4)N3)n2)C[C@H](C)C1(F)F. The highest BCUT2D eigenvalue weighted by atomic mass is 35.5. The van der Waals surface area contributed by atoms with Crippen molar-refractivity contribution in [1.29, 1.82) is 0 Å². The van der Waals surface area contributed by atoms with Crippen molar-refractivity contribution in [3.8, 4) is 5.75 Å². The third-order valence-electron chi connectivity index (χ3n) is 8.13. The van der Waals surface area contributed by atoms with Crippen LogP contribution in [0.5, 0.6) is 5.75 Å². The lowest BCUT2D eigenvalue weighted by atomic mass is 9.87. The van der Waals surface area contributed by atoms with E-state index in [0.29, 0.717) is 46.4 Å². The van der Waals surface area contributed by atoms with Gasteiger partial charge < -0.3 is 24.8 Å². The van der Waals surface area contributed by atoms with E-state index in [4.69, 9.17) is 16.3 Å². The molecule has 0 bridgehead atoms. The lowest BCUT2D eigenvalue weighted by Gasteiger charge is -2.41. The van der Waals surface area contributed by atoms with E-state index < -0.39 is 17.8 Å². The van der Waals surface area contributed by atoms with E-state index in [0.717, 1.165) is 17.3 Å². The summed E-state index contributed by atoms with van der Waals surface area (Å²) < 4.78 is 36.3. The van der Waals surface area contributed by atoms with Gasteiger partial charge in [0.15, 0.2) is 5.82 Å². The van der Waals surface area contributed by atoms with E-state index in [1.54, 1.807) is 30.4 Å². The summed E-state index contributed by atoms with van der Waals surface area (Å²) in [6.45, 7) is 3.91. The first-order chi connectivity index (χ1) is 18.1. The molecule has 0 amide bonds. The normalized spacial score (nSPS) is 24.8. The molecule has 1 saturated carbocycles. The van der Waals surface area contributed by atoms with Crippen LogP contribution in [-0.2, 0) is 7.05 Å². The van der Waals surface area contributed by atoms with Gasteiger partial charge in [-0.3, -0.25) is 4.79 Å². The zero-order valence-corrected chi connectivity index (χ0v) is 22.4. The molecule has 4 heterocycles. The van der Waals surface area contributed by atoms with Gasteiger partial charge in [0.25, 0.3) is 11.5 Å². The summed E-state index contributed by atoms with van der Waals surface area (Å²) in [5.41, 5.74) is 2.04. The van der Waals surface area contributed by atoms with Crippen molar-refractivity contribution in [2.24, 2.45) is 24.8 Å². The minimum absolute atomic E-state index is 0.155. The van der Waals surface area contributed by atoms with Crippen LogP contribution in [0.25, 0.3) is 10.9 Å². The van der Waals surface area contributed by atoms with Crippen molar-refractivity contribution < 1.29 is 13.5 Å². The fraction of sp³-hybridized carbons (Fsp3) is 0.519. The smallest absolute Gasteiger partial charge is 0.295 e. The van der Waals surface area contributed by atoms with E-state index in [9.17, 15) is 13.6 Å². The van der Waals surface area contributed by atoms with Crippen LogP contribution >= 0.6 is 11.6 Å². The number of aromatic nitrogens is 3. The number of pyridine rings is 1. The van der Waals surface area contributed by atoms with Crippen molar-refractivity contribution in [3.05, 3.63) is 39.8 Å². The number of aryl methyl sites for hydroxylation is 1. The molecule has 3 atom stereocenters. The highest BCUT2D eigenvalue weighted by molar-refractivity contribution is 6.32. The van der Waals surface area contributed by atoms with Crippen molar-refractivity contribution >= 4 is 45.6 Å². The van der Waals surface area contributed by atoms with Crippen LogP contribution in [0.4, 0.5) is 31.9 Å². The maximum atomic E-state index is 14.4. The van der Waals surface area contributed by atoms with E-state index in [1.807, 2.05) is 18.2 Å². The first kappa shape index (κ1) is 25.2. The molecule has 8 nitrogen and oxygen atoms in total. The molecule has 3 aromatic rings. The average molecular weight is 545 g/mol. The monoisotopic (exact) mass is 544 g/mol. The number of nitrogens with zero attached hydrogens (tertiary/aromatic N) is 4. The van der Waals surface area contributed by atoms with Crippen LogP contribution < -0.4 is 25.8 Å². The molecule has 0 spiro atoms. The second-order valence-electron chi connectivity index (χ2n) is 10.9. The van der Waals surface area contributed by atoms with Gasteiger partial charge in [-0.1, -0.05) is 25.4 Å². The Morgan fingerprint density at radius 1 is 1.18 bits per heavy atom.